The van der Waals surface area contributed by atoms with Crippen molar-refractivity contribution in [3.63, 3.8) is 0 Å². The molecule has 1 rings (SSSR count). The highest BCUT2D eigenvalue weighted by atomic mass is 19.3. The van der Waals surface area contributed by atoms with E-state index in [1.54, 1.807) is 0 Å². The number of alkyl halides is 2. The lowest BCUT2D eigenvalue weighted by molar-refractivity contribution is 0.0504. The molecule has 0 bridgehead atoms. The molecule has 7 heteroatoms. The number of methoxy groups -OCH3 is 1. The third-order valence-electron chi connectivity index (χ3n) is 1.90. The molecular formula is C10H10F3NO3. The van der Waals surface area contributed by atoms with E-state index in [0.29, 0.717) is 6.07 Å². The Hall–Kier alpha value is -1.79. The summed E-state index contributed by atoms with van der Waals surface area (Å²) in [7, 11) is 1.09. The van der Waals surface area contributed by atoms with Crippen molar-refractivity contribution in [1.82, 2.24) is 4.98 Å². The van der Waals surface area contributed by atoms with Gasteiger partial charge in [-0.3, -0.25) is 0 Å². The zero-order valence-corrected chi connectivity index (χ0v) is 9.17. The predicted molar refractivity (Wildman–Crippen MR) is 51.7 cm³/mol. The lowest BCUT2D eigenvalue weighted by Gasteiger charge is -2.11. The van der Waals surface area contributed by atoms with E-state index in [2.05, 4.69) is 14.5 Å². The molecule has 0 unspecified atom stereocenters. The second-order valence-corrected chi connectivity index (χ2v) is 2.93. The van der Waals surface area contributed by atoms with Crippen molar-refractivity contribution in [2.75, 3.05) is 13.7 Å². The normalized spacial score (nSPS) is 10.5. The largest absolute Gasteiger partial charge is 0.496 e. The lowest BCUT2D eigenvalue weighted by Crippen LogP contribution is -2.13. The van der Waals surface area contributed by atoms with Crippen LogP contribution in [-0.4, -0.2) is 24.7 Å². The van der Waals surface area contributed by atoms with Gasteiger partial charge in [-0.15, -0.1) is 0 Å². The van der Waals surface area contributed by atoms with Crippen molar-refractivity contribution in [2.45, 2.75) is 13.3 Å². The number of esters is 1. The van der Waals surface area contributed by atoms with Crippen molar-refractivity contribution >= 4 is 5.97 Å². The van der Waals surface area contributed by atoms with Crippen LogP contribution >= 0.6 is 0 Å². The number of nitrogens with zero attached hydrogens (tertiary/aromatic N) is 1. The quantitative estimate of drug-likeness (QED) is 0.607. The van der Waals surface area contributed by atoms with Crippen LogP contribution in [0.1, 0.15) is 29.4 Å². The number of halogens is 3. The maximum atomic E-state index is 13.0. The topological polar surface area (TPSA) is 48.4 Å². The zero-order valence-electron chi connectivity index (χ0n) is 9.17. The van der Waals surface area contributed by atoms with Gasteiger partial charge in [-0.2, -0.15) is 4.39 Å². The summed E-state index contributed by atoms with van der Waals surface area (Å²) in [6.45, 7) is 1.47. The van der Waals surface area contributed by atoms with Gasteiger partial charge in [0, 0.05) is 6.07 Å². The first-order valence-electron chi connectivity index (χ1n) is 4.71. The van der Waals surface area contributed by atoms with E-state index in [4.69, 9.17) is 0 Å². The number of carbonyl (C=O) groups excluding carboxylic acids is 1. The highest BCUT2D eigenvalue weighted by molar-refractivity contribution is 5.89. The van der Waals surface area contributed by atoms with E-state index in [-0.39, 0.29) is 6.61 Å². The molecule has 0 fully saturated rings. The molecular weight excluding hydrogens is 239 g/mol. The van der Waals surface area contributed by atoms with Crippen LogP contribution in [0.2, 0.25) is 0 Å². The summed E-state index contributed by atoms with van der Waals surface area (Å²) >= 11 is 0. The summed E-state index contributed by atoms with van der Waals surface area (Å²) in [4.78, 5) is 14.5. The molecule has 1 aromatic heterocycles. The van der Waals surface area contributed by atoms with Gasteiger partial charge < -0.3 is 9.47 Å². The number of carbonyl (C=O) groups is 1. The second-order valence-electron chi connectivity index (χ2n) is 2.93. The molecule has 0 radical (unpaired) electrons. The van der Waals surface area contributed by atoms with E-state index in [1.807, 2.05) is 0 Å². The minimum Gasteiger partial charge on any atom is -0.496 e. The first-order valence-corrected chi connectivity index (χ1v) is 4.71. The van der Waals surface area contributed by atoms with Gasteiger partial charge in [0.25, 0.3) is 6.43 Å². The van der Waals surface area contributed by atoms with Gasteiger partial charge in [0.1, 0.15) is 5.75 Å². The summed E-state index contributed by atoms with van der Waals surface area (Å²) in [6.07, 6.45) is -3.02. The Labute approximate surface area is 95.4 Å². The summed E-state index contributed by atoms with van der Waals surface area (Å²) in [6, 6.07) is 0.685. The Bertz CT molecular complexity index is 424. The maximum absolute atomic E-state index is 13.0. The molecule has 0 aliphatic rings. The van der Waals surface area contributed by atoms with Crippen molar-refractivity contribution in [3.05, 3.63) is 23.3 Å². The summed E-state index contributed by atoms with van der Waals surface area (Å²) in [5.74, 6) is -2.63. The number of rotatable bonds is 4. The molecule has 0 aromatic carbocycles. The Morgan fingerprint density at radius 3 is 2.65 bits per heavy atom. The summed E-state index contributed by atoms with van der Waals surface area (Å²) in [5, 5.41) is 0. The SMILES string of the molecule is CCOC(=O)c1nc(F)cc(OC)c1C(F)F. The molecule has 0 N–H and O–H groups in total. The fraction of sp³-hybridized carbons (Fsp3) is 0.400. The van der Waals surface area contributed by atoms with Crippen LogP contribution in [0.15, 0.2) is 6.07 Å². The summed E-state index contributed by atoms with van der Waals surface area (Å²) < 4.78 is 47.6. The molecule has 0 saturated carbocycles. The van der Waals surface area contributed by atoms with Gasteiger partial charge in [0.15, 0.2) is 5.69 Å². The van der Waals surface area contributed by atoms with Gasteiger partial charge in [0.05, 0.1) is 19.3 Å². The first kappa shape index (κ1) is 13.3. The lowest BCUT2D eigenvalue weighted by atomic mass is 10.1. The molecule has 0 amide bonds. The van der Waals surface area contributed by atoms with Crippen LogP contribution in [0.25, 0.3) is 0 Å². The maximum Gasteiger partial charge on any atom is 0.357 e. The molecule has 0 atom stereocenters. The Balaban J connectivity index is 3.35. The molecule has 17 heavy (non-hydrogen) atoms. The number of hydrogen-bond acceptors (Lipinski definition) is 4. The van der Waals surface area contributed by atoms with E-state index >= 15 is 0 Å². The van der Waals surface area contributed by atoms with Gasteiger partial charge in [-0.25, -0.2) is 18.6 Å². The molecule has 1 heterocycles. The minimum atomic E-state index is -3.02. The molecule has 0 aliphatic heterocycles. The number of pyridine rings is 1. The third kappa shape index (κ3) is 2.86. The number of hydrogen-bond donors (Lipinski definition) is 0. The van der Waals surface area contributed by atoms with E-state index < -0.39 is 35.3 Å². The Morgan fingerprint density at radius 1 is 1.53 bits per heavy atom. The van der Waals surface area contributed by atoms with Crippen molar-refractivity contribution in [1.29, 1.82) is 0 Å². The van der Waals surface area contributed by atoms with Gasteiger partial charge in [-0.05, 0) is 6.92 Å². The molecule has 94 valence electrons. The Morgan fingerprint density at radius 2 is 2.18 bits per heavy atom. The van der Waals surface area contributed by atoms with Crippen molar-refractivity contribution < 1.29 is 27.4 Å². The number of ether oxygens (including phenoxy) is 2. The highest BCUT2D eigenvalue weighted by Crippen LogP contribution is 2.32. The number of aromatic nitrogens is 1. The summed E-state index contributed by atoms with van der Waals surface area (Å²) in [5.41, 5.74) is -1.54. The Kier molecular flexibility index (Phi) is 4.30. The molecule has 4 nitrogen and oxygen atoms in total. The average Bonchev–Trinajstić information content (AvgIpc) is 2.27. The van der Waals surface area contributed by atoms with Crippen LogP contribution in [-0.2, 0) is 4.74 Å². The van der Waals surface area contributed by atoms with Crippen LogP contribution in [0.4, 0.5) is 13.2 Å². The van der Waals surface area contributed by atoms with Crippen molar-refractivity contribution in [3.8, 4) is 5.75 Å². The van der Waals surface area contributed by atoms with Crippen LogP contribution in [0, 0.1) is 5.95 Å². The van der Waals surface area contributed by atoms with Crippen molar-refractivity contribution in [2.24, 2.45) is 0 Å². The van der Waals surface area contributed by atoms with E-state index in [9.17, 15) is 18.0 Å². The first-order chi connectivity index (χ1) is 8.01. The van der Waals surface area contributed by atoms with Crippen LogP contribution < -0.4 is 4.74 Å². The van der Waals surface area contributed by atoms with Crippen LogP contribution in [0.5, 0.6) is 5.75 Å². The average molecular weight is 249 g/mol. The van der Waals surface area contributed by atoms with E-state index in [1.165, 1.54) is 6.92 Å². The van der Waals surface area contributed by atoms with Crippen LogP contribution in [0.3, 0.4) is 0 Å². The van der Waals surface area contributed by atoms with Gasteiger partial charge >= 0.3 is 5.97 Å². The molecule has 0 spiro atoms. The standard InChI is InChI=1S/C10H10F3NO3/c1-3-17-10(15)8-7(9(12)13)5(16-2)4-6(11)14-8/h4,9H,3H2,1-2H3. The molecule has 0 aliphatic carbocycles. The van der Waals surface area contributed by atoms with Gasteiger partial charge in [-0.1, -0.05) is 0 Å². The highest BCUT2D eigenvalue weighted by Gasteiger charge is 2.26. The molecule has 0 saturated heterocycles. The van der Waals surface area contributed by atoms with Gasteiger partial charge in [0.2, 0.25) is 5.95 Å². The monoisotopic (exact) mass is 249 g/mol. The fourth-order valence-electron chi connectivity index (χ4n) is 1.24. The fourth-order valence-corrected chi connectivity index (χ4v) is 1.24. The third-order valence-corrected chi connectivity index (χ3v) is 1.90. The second kappa shape index (κ2) is 5.51. The smallest absolute Gasteiger partial charge is 0.357 e. The zero-order chi connectivity index (χ0) is 13.0. The predicted octanol–water partition coefficient (Wildman–Crippen LogP) is 2.34. The van der Waals surface area contributed by atoms with E-state index in [0.717, 1.165) is 7.11 Å². The molecule has 1 aromatic rings. The minimum absolute atomic E-state index is 0.0258.